The van der Waals surface area contributed by atoms with Crippen LogP contribution in [0.4, 0.5) is 0 Å². The van der Waals surface area contributed by atoms with Gasteiger partial charge in [-0.15, -0.1) is 0 Å². The number of aliphatic hydroxyl groups excluding tert-OH is 1. The lowest BCUT2D eigenvalue weighted by atomic mass is 10.0. The summed E-state index contributed by atoms with van der Waals surface area (Å²) in [5, 5.41) is 42.2. The standard InChI is InChI=1S/C20H26N4O10/c21-11(7-15(26)27)17(30)22-12(6-10-4-2-1-3-5-10)18(31)23-13(8-16(28)29)19(32)24-14(9-25)20(33)34/h1-5,11-14,25H,6-9,21H2,(H,22,30)(H,23,31)(H,24,32)(H,26,27)(H,28,29)(H,33,34). The van der Waals surface area contributed by atoms with Crippen LogP contribution in [0.1, 0.15) is 18.4 Å². The van der Waals surface area contributed by atoms with Gasteiger partial charge in [0.05, 0.1) is 25.5 Å². The minimum absolute atomic E-state index is 0.117. The average Bonchev–Trinajstić information content (AvgIpc) is 2.75. The molecule has 34 heavy (non-hydrogen) atoms. The van der Waals surface area contributed by atoms with E-state index in [9.17, 15) is 28.8 Å². The third-order valence-corrected chi connectivity index (χ3v) is 4.46. The molecule has 0 fully saturated rings. The molecule has 0 aliphatic heterocycles. The molecular formula is C20H26N4O10. The SMILES string of the molecule is NC(CC(=O)O)C(=O)NC(Cc1ccccc1)C(=O)NC(CC(=O)O)C(=O)NC(CO)C(=O)O. The molecule has 186 valence electrons. The van der Waals surface area contributed by atoms with Gasteiger partial charge in [0.1, 0.15) is 18.1 Å². The maximum atomic E-state index is 12.9. The second kappa shape index (κ2) is 13.5. The van der Waals surface area contributed by atoms with Crippen LogP contribution < -0.4 is 21.7 Å². The molecule has 1 aromatic rings. The lowest BCUT2D eigenvalue weighted by molar-refractivity contribution is -0.144. The average molecular weight is 482 g/mol. The van der Waals surface area contributed by atoms with Crippen LogP contribution in [0.5, 0.6) is 0 Å². The van der Waals surface area contributed by atoms with Crippen LogP contribution in [-0.4, -0.2) is 86.8 Å². The molecule has 14 nitrogen and oxygen atoms in total. The first-order valence-electron chi connectivity index (χ1n) is 9.92. The van der Waals surface area contributed by atoms with Crippen molar-refractivity contribution in [1.82, 2.24) is 16.0 Å². The predicted molar refractivity (Wildman–Crippen MR) is 113 cm³/mol. The fraction of sp³-hybridized carbons (Fsp3) is 0.400. The lowest BCUT2D eigenvalue weighted by Crippen LogP contribution is -2.58. The number of hydrogen-bond donors (Lipinski definition) is 8. The number of carboxylic acids is 3. The number of aliphatic carboxylic acids is 3. The lowest BCUT2D eigenvalue weighted by Gasteiger charge is -2.24. The Morgan fingerprint density at radius 2 is 1.24 bits per heavy atom. The van der Waals surface area contributed by atoms with Crippen molar-refractivity contribution in [3.63, 3.8) is 0 Å². The number of nitrogens with two attached hydrogens (primary N) is 1. The number of carboxylic acid groups (broad SMARTS) is 3. The number of nitrogens with one attached hydrogen (secondary N) is 3. The van der Waals surface area contributed by atoms with E-state index in [0.29, 0.717) is 5.56 Å². The Balaban J connectivity index is 3.09. The Kier molecular flexibility index (Phi) is 11.1. The zero-order chi connectivity index (χ0) is 25.8. The van der Waals surface area contributed by atoms with Crippen LogP contribution >= 0.6 is 0 Å². The highest BCUT2D eigenvalue weighted by Gasteiger charge is 2.31. The molecule has 4 unspecified atom stereocenters. The highest BCUT2D eigenvalue weighted by Crippen LogP contribution is 2.06. The molecule has 1 rings (SSSR count). The Morgan fingerprint density at radius 1 is 0.735 bits per heavy atom. The minimum atomic E-state index is -1.75. The molecular weight excluding hydrogens is 456 g/mol. The summed E-state index contributed by atoms with van der Waals surface area (Å²) in [5.74, 6) is -7.59. The molecule has 0 bridgehead atoms. The summed E-state index contributed by atoms with van der Waals surface area (Å²) in [4.78, 5) is 70.6. The van der Waals surface area contributed by atoms with Crippen LogP contribution in [0.2, 0.25) is 0 Å². The van der Waals surface area contributed by atoms with Crippen molar-refractivity contribution in [2.75, 3.05) is 6.61 Å². The Labute approximate surface area is 193 Å². The maximum Gasteiger partial charge on any atom is 0.328 e. The monoisotopic (exact) mass is 482 g/mol. The second-order valence-electron chi connectivity index (χ2n) is 7.20. The van der Waals surface area contributed by atoms with Gasteiger partial charge in [0.15, 0.2) is 0 Å². The molecule has 14 heteroatoms. The van der Waals surface area contributed by atoms with Crippen molar-refractivity contribution in [1.29, 1.82) is 0 Å². The topological polar surface area (TPSA) is 245 Å². The van der Waals surface area contributed by atoms with Gasteiger partial charge >= 0.3 is 17.9 Å². The zero-order valence-electron chi connectivity index (χ0n) is 17.8. The van der Waals surface area contributed by atoms with Crippen molar-refractivity contribution in [2.24, 2.45) is 5.73 Å². The van der Waals surface area contributed by atoms with E-state index in [1.807, 2.05) is 5.32 Å². The van der Waals surface area contributed by atoms with Gasteiger partial charge in [0, 0.05) is 6.42 Å². The molecule has 0 saturated heterocycles. The summed E-state index contributed by atoms with van der Waals surface area (Å²) >= 11 is 0. The zero-order valence-corrected chi connectivity index (χ0v) is 17.8. The quantitative estimate of drug-likeness (QED) is 0.133. The molecule has 4 atom stereocenters. The fourth-order valence-electron chi connectivity index (χ4n) is 2.73. The summed E-state index contributed by atoms with van der Waals surface area (Å²) in [6, 6.07) is 1.92. The van der Waals surface area contributed by atoms with Crippen LogP contribution in [0, 0.1) is 0 Å². The molecule has 0 aliphatic carbocycles. The first-order valence-corrected chi connectivity index (χ1v) is 9.92. The van der Waals surface area contributed by atoms with Gasteiger partial charge in [-0.25, -0.2) is 4.79 Å². The third-order valence-electron chi connectivity index (χ3n) is 4.46. The van der Waals surface area contributed by atoms with E-state index in [-0.39, 0.29) is 6.42 Å². The first-order chi connectivity index (χ1) is 15.9. The smallest absolute Gasteiger partial charge is 0.328 e. The van der Waals surface area contributed by atoms with Crippen LogP contribution in [0.3, 0.4) is 0 Å². The number of aliphatic hydroxyl groups is 1. The predicted octanol–water partition coefficient (Wildman–Crippen LogP) is -2.96. The van der Waals surface area contributed by atoms with Gasteiger partial charge in [-0.05, 0) is 5.56 Å². The fourth-order valence-corrected chi connectivity index (χ4v) is 2.73. The van der Waals surface area contributed by atoms with Gasteiger partial charge in [0.25, 0.3) is 0 Å². The van der Waals surface area contributed by atoms with Crippen molar-refractivity contribution in [3.8, 4) is 0 Å². The first kappa shape index (κ1) is 28.0. The number of amides is 3. The van der Waals surface area contributed by atoms with E-state index in [1.54, 1.807) is 30.3 Å². The number of rotatable bonds is 14. The van der Waals surface area contributed by atoms with Crippen LogP contribution in [0.25, 0.3) is 0 Å². The summed E-state index contributed by atoms with van der Waals surface area (Å²) < 4.78 is 0. The van der Waals surface area contributed by atoms with E-state index in [4.69, 9.17) is 26.2 Å². The second-order valence-corrected chi connectivity index (χ2v) is 7.20. The Bertz CT molecular complexity index is 908. The maximum absolute atomic E-state index is 12.9. The van der Waals surface area contributed by atoms with E-state index in [2.05, 4.69) is 10.6 Å². The van der Waals surface area contributed by atoms with Crippen LogP contribution in [-0.2, 0) is 35.2 Å². The molecule has 0 radical (unpaired) electrons. The molecule has 0 saturated carbocycles. The largest absolute Gasteiger partial charge is 0.481 e. The highest BCUT2D eigenvalue weighted by molar-refractivity contribution is 5.96. The van der Waals surface area contributed by atoms with Gasteiger partial charge in [-0.2, -0.15) is 0 Å². The Morgan fingerprint density at radius 3 is 1.74 bits per heavy atom. The summed E-state index contributed by atoms with van der Waals surface area (Å²) in [5.41, 5.74) is 6.10. The molecule has 0 aromatic heterocycles. The van der Waals surface area contributed by atoms with Crippen LogP contribution in [0.15, 0.2) is 30.3 Å². The van der Waals surface area contributed by atoms with Crippen molar-refractivity contribution in [2.45, 2.75) is 43.4 Å². The normalized spacial score (nSPS) is 14.1. The van der Waals surface area contributed by atoms with Crippen molar-refractivity contribution >= 4 is 35.6 Å². The van der Waals surface area contributed by atoms with E-state index in [1.165, 1.54) is 0 Å². The number of carbonyl (C=O) groups excluding carboxylic acids is 3. The summed E-state index contributed by atoms with van der Waals surface area (Å²) in [6.45, 7) is -0.983. The van der Waals surface area contributed by atoms with E-state index >= 15 is 0 Å². The number of benzene rings is 1. The molecule has 3 amide bonds. The number of carbonyl (C=O) groups is 6. The van der Waals surface area contributed by atoms with Gasteiger partial charge in [0.2, 0.25) is 17.7 Å². The summed E-state index contributed by atoms with van der Waals surface area (Å²) in [7, 11) is 0. The van der Waals surface area contributed by atoms with Crippen molar-refractivity contribution in [3.05, 3.63) is 35.9 Å². The molecule has 9 N–H and O–H groups in total. The molecule has 0 heterocycles. The van der Waals surface area contributed by atoms with Gasteiger partial charge in [-0.1, -0.05) is 30.3 Å². The third kappa shape index (κ3) is 9.62. The van der Waals surface area contributed by atoms with Gasteiger partial charge < -0.3 is 42.1 Å². The van der Waals surface area contributed by atoms with Gasteiger partial charge in [-0.3, -0.25) is 24.0 Å². The van der Waals surface area contributed by atoms with E-state index in [0.717, 1.165) is 0 Å². The highest BCUT2D eigenvalue weighted by atomic mass is 16.4. The molecule has 0 aliphatic rings. The van der Waals surface area contributed by atoms with Crippen molar-refractivity contribution < 1.29 is 49.2 Å². The summed E-state index contributed by atoms with van der Waals surface area (Å²) in [6.07, 6.45) is -1.76. The molecule has 1 aromatic carbocycles. The Hall–Kier alpha value is -4.04. The molecule has 0 spiro atoms. The number of hydrogen-bond acceptors (Lipinski definition) is 8. The van der Waals surface area contributed by atoms with E-state index < -0.39 is 79.2 Å². The minimum Gasteiger partial charge on any atom is -0.481 e.